The van der Waals surface area contributed by atoms with Crippen molar-refractivity contribution in [3.8, 4) is 17.2 Å². The van der Waals surface area contributed by atoms with Crippen LogP contribution in [0.5, 0.6) is 17.2 Å². The summed E-state index contributed by atoms with van der Waals surface area (Å²) in [5.41, 5.74) is 1.14. The SMILES string of the molecule is COc1cccc(OCC(O)CN(C)Cc2ccc(OCc3nccn3C)cc2)c1. The molecule has 1 heterocycles. The first-order chi connectivity index (χ1) is 14.5. The smallest absolute Gasteiger partial charge is 0.146 e. The summed E-state index contributed by atoms with van der Waals surface area (Å²) in [7, 11) is 5.53. The van der Waals surface area contributed by atoms with Gasteiger partial charge in [-0.25, -0.2) is 4.98 Å². The van der Waals surface area contributed by atoms with Crippen molar-refractivity contribution in [2.45, 2.75) is 19.3 Å². The van der Waals surface area contributed by atoms with Crippen molar-refractivity contribution in [2.24, 2.45) is 7.05 Å². The van der Waals surface area contributed by atoms with E-state index in [0.29, 0.717) is 18.9 Å². The molecule has 0 fully saturated rings. The molecule has 7 heteroatoms. The summed E-state index contributed by atoms with van der Waals surface area (Å²) in [5, 5.41) is 10.3. The number of imidazole rings is 1. The second-order valence-corrected chi connectivity index (χ2v) is 7.23. The average molecular weight is 412 g/mol. The van der Waals surface area contributed by atoms with Crippen LogP contribution in [0.3, 0.4) is 0 Å². The molecule has 2 aromatic carbocycles. The summed E-state index contributed by atoms with van der Waals surface area (Å²) >= 11 is 0. The summed E-state index contributed by atoms with van der Waals surface area (Å²) in [6, 6.07) is 15.3. The number of aromatic nitrogens is 2. The van der Waals surface area contributed by atoms with Crippen LogP contribution >= 0.6 is 0 Å². The van der Waals surface area contributed by atoms with Gasteiger partial charge in [-0.15, -0.1) is 0 Å². The molecular weight excluding hydrogens is 382 g/mol. The Hall–Kier alpha value is -3.03. The standard InChI is InChI=1S/C23H29N3O4/c1-25(15-19(27)16-29-22-6-4-5-21(13-22)28-3)14-18-7-9-20(10-8-18)30-17-23-24-11-12-26(23)2/h4-13,19,27H,14-17H2,1-3H3. The number of hydrogen-bond donors (Lipinski definition) is 1. The van der Waals surface area contributed by atoms with Gasteiger partial charge in [0.2, 0.25) is 0 Å². The topological polar surface area (TPSA) is 69.0 Å². The predicted octanol–water partition coefficient (Wildman–Crippen LogP) is 2.88. The van der Waals surface area contributed by atoms with Crippen LogP contribution in [0.15, 0.2) is 60.9 Å². The van der Waals surface area contributed by atoms with Gasteiger partial charge >= 0.3 is 0 Å². The number of nitrogens with zero attached hydrogens (tertiary/aromatic N) is 3. The molecule has 0 bridgehead atoms. The third kappa shape index (κ3) is 6.50. The van der Waals surface area contributed by atoms with Gasteiger partial charge in [-0.1, -0.05) is 18.2 Å². The lowest BCUT2D eigenvalue weighted by molar-refractivity contribution is 0.0743. The molecule has 30 heavy (non-hydrogen) atoms. The number of aliphatic hydroxyl groups is 1. The normalized spacial score (nSPS) is 12.0. The second-order valence-electron chi connectivity index (χ2n) is 7.23. The number of likely N-dealkylation sites (N-methyl/N-ethyl adjacent to an activating group) is 1. The van der Waals surface area contributed by atoms with Gasteiger partial charge in [-0.3, -0.25) is 4.90 Å². The first kappa shape index (κ1) is 21.7. The number of aliphatic hydroxyl groups excluding tert-OH is 1. The molecule has 7 nitrogen and oxygen atoms in total. The lowest BCUT2D eigenvalue weighted by atomic mass is 10.2. The summed E-state index contributed by atoms with van der Waals surface area (Å²) in [5.74, 6) is 3.09. The van der Waals surface area contributed by atoms with Crippen LogP contribution in [-0.4, -0.2) is 53.0 Å². The molecule has 0 spiro atoms. The van der Waals surface area contributed by atoms with Gasteiger partial charge in [0.05, 0.1) is 7.11 Å². The molecule has 0 aliphatic carbocycles. The Kier molecular flexibility index (Phi) is 7.70. The molecule has 1 aromatic heterocycles. The van der Waals surface area contributed by atoms with Crippen molar-refractivity contribution < 1.29 is 19.3 Å². The van der Waals surface area contributed by atoms with Gasteiger partial charge < -0.3 is 23.9 Å². The van der Waals surface area contributed by atoms with Crippen molar-refractivity contribution in [1.29, 1.82) is 0 Å². The molecule has 160 valence electrons. The minimum atomic E-state index is -0.596. The summed E-state index contributed by atoms with van der Waals surface area (Å²) in [6.45, 7) is 1.87. The van der Waals surface area contributed by atoms with Crippen molar-refractivity contribution >= 4 is 0 Å². The van der Waals surface area contributed by atoms with E-state index < -0.39 is 6.10 Å². The van der Waals surface area contributed by atoms with Gasteiger partial charge in [-0.2, -0.15) is 0 Å². The molecule has 0 radical (unpaired) electrons. The van der Waals surface area contributed by atoms with E-state index in [1.165, 1.54) is 0 Å². The number of ether oxygens (including phenoxy) is 3. The molecular formula is C23H29N3O4. The molecule has 0 amide bonds. The van der Waals surface area contributed by atoms with Gasteiger partial charge in [0, 0.05) is 38.6 Å². The zero-order valence-corrected chi connectivity index (χ0v) is 17.7. The maximum absolute atomic E-state index is 10.3. The van der Waals surface area contributed by atoms with E-state index in [1.54, 1.807) is 19.4 Å². The third-order valence-corrected chi connectivity index (χ3v) is 4.67. The molecule has 0 saturated carbocycles. The van der Waals surface area contributed by atoms with Crippen LogP contribution in [0.25, 0.3) is 0 Å². The van der Waals surface area contributed by atoms with Crippen LogP contribution in [0.4, 0.5) is 0 Å². The molecule has 0 aliphatic rings. The Morgan fingerprint density at radius 1 is 1.07 bits per heavy atom. The van der Waals surface area contributed by atoms with E-state index in [2.05, 4.69) is 9.88 Å². The second kappa shape index (κ2) is 10.7. The summed E-state index contributed by atoms with van der Waals surface area (Å²) < 4.78 is 18.6. The summed E-state index contributed by atoms with van der Waals surface area (Å²) in [4.78, 5) is 6.31. The Bertz CT molecular complexity index is 911. The van der Waals surface area contributed by atoms with Crippen LogP contribution in [0, 0.1) is 0 Å². The maximum atomic E-state index is 10.3. The molecule has 0 aliphatic heterocycles. The van der Waals surface area contributed by atoms with Crippen molar-refractivity contribution in [2.75, 3.05) is 27.3 Å². The highest BCUT2D eigenvalue weighted by atomic mass is 16.5. The highest BCUT2D eigenvalue weighted by Crippen LogP contribution is 2.19. The zero-order chi connectivity index (χ0) is 21.3. The fourth-order valence-electron chi connectivity index (χ4n) is 3.05. The first-order valence-corrected chi connectivity index (χ1v) is 9.85. The van der Waals surface area contributed by atoms with Crippen molar-refractivity contribution in [1.82, 2.24) is 14.5 Å². The number of aryl methyl sites for hydroxylation is 1. The molecule has 1 N–H and O–H groups in total. The van der Waals surface area contributed by atoms with Gasteiger partial charge in [-0.05, 0) is 36.9 Å². The lowest BCUT2D eigenvalue weighted by Crippen LogP contribution is -2.32. The molecule has 0 saturated heterocycles. The highest BCUT2D eigenvalue weighted by molar-refractivity contribution is 5.32. The van der Waals surface area contributed by atoms with Gasteiger partial charge in [0.25, 0.3) is 0 Å². The average Bonchev–Trinajstić information content (AvgIpc) is 3.16. The Morgan fingerprint density at radius 2 is 1.83 bits per heavy atom. The quantitative estimate of drug-likeness (QED) is 0.523. The highest BCUT2D eigenvalue weighted by Gasteiger charge is 2.10. The largest absolute Gasteiger partial charge is 0.497 e. The van der Waals surface area contributed by atoms with Crippen LogP contribution in [0.2, 0.25) is 0 Å². The lowest BCUT2D eigenvalue weighted by Gasteiger charge is -2.21. The number of benzene rings is 2. The Labute approximate surface area is 177 Å². The van der Waals surface area contributed by atoms with E-state index in [1.807, 2.05) is 67.3 Å². The van der Waals surface area contributed by atoms with Gasteiger partial charge in [0.1, 0.15) is 42.4 Å². The van der Waals surface area contributed by atoms with Crippen LogP contribution < -0.4 is 14.2 Å². The van der Waals surface area contributed by atoms with E-state index >= 15 is 0 Å². The van der Waals surface area contributed by atoms with Crippen LogP contribution in [-0.2, 0) is 20.2 Å². The minimum Gasteiger partial charge on any atom is -0.497 e. The predicted molar refractivity (Wildman–Crippen MR) is 115 cm³/mol. The van der Waals surface area contributed by atoms with E-state index in [0.717, 1.165) is 29.4 Å². The van der Waals surface area contributed by atoms with Gasteiger partial charge in [0.15, 0.2) is 0 Å². The van der Waals surface area contributed by atoms with E-state index in [9.17, 15) is 5.11 Å². The maximum Gasteiger partial charge on any atom is 0.146 e. The molecule has 1 unspecified atom stereocenters. The minimum absolute atomic E-state index is 0.220. The fourth-order valence-corrected chi connectivity index (χ4v) is 3.05. The number of hydrogen-bond acceptors (Lipinski definition) is 6. The third-order valence-electron chi connectivity index (χ3n) is 4.67. The first-order valence-electron chi connectivity index (χ1n) is 9.85. The molecule has 3 rings (SSSR count). The monoisotopic (exact) mass is 411 g/mol. The van der Waals surface area contributed by atoms with Crippen LogP contribution in [0.1, 0.15) is 11.4 Å². The zero-order valence-electron chi connectivity index (χ0n) is 17.7. The Balaban J connectivity index is 1.41. The van der Waals surface area contributed by atoms with Crippen molar-refractivity contribution in [3.63, 3.8) is 0 Å². The number of rotatable bonds is 11. The van der Waals surface area contributed by atoms with Crippen molar-refractivity contribution in [3.05, 3.63) is 72.3 Å². The molecule has 1 atom stereocenters. The van der Waals surface area contributed by atoms with E-state index in [-0.39, 0.29) is 6.61 Å². The summed E-state index contributed by atoms with van der Waals surface area (Å²) in [6.07, 6.45) is 3.06. The Morgan fingerprint density at radius 3 is 2.53 bits per heavy atom. The van der Waals surface area contributed by atoms with E-state index in [4.69, 9.17) is 14.2 Å². The molecule has 3 aromatic rings. The number of methoxy groups -OCH3 is 1. The fraction of sp³-hybridized carbons (Fsp3) is 0.348.